The average Bonchev–Trinajstić information content (AvgIpc) is 2.19. The highest BCUT2D eigenvalue weighted by Gasteiger charge is 2.29. The van der Waals surface area contributed by atoms with Crippen molar-refractivity contribution >= 4 is 17.9 Å². The van der Waals surface area contributed by atoms with E-state index in [4.69, 9.17) is 11.6 Å². The summed E-state index contributed by atoms with van der Waals surface area (Å²) in [5.41, 5.74) is 0.246. The van der Waals surface area contributed by atoms with Crippen molar-refractivity contribution in [1.29, 1.82) is 0 Å². The molecule has 0 saturated carbocycles. The number of nitrogens with one attached hydrogen (secondary N) is 1. The number of alkyl halides is 1. The quantitative estimate of drug-likeness (QED) is 0.437. The van der Waals surface area contributed by atoms with Crippen LogP contribution in [0.1, 0.15) is 5.56 Å². The van der Waals surface area contributed by atoms with Gasteiger partial charge in [0, 0.05) is 12.4 Å². The molecule has 1 aliphatic rings. The second-order valence-corrected chi connectivity index (χ2v) is 3.35. The lowest BCUT2D eigenvalue weighted by molar-refractivity contribution is 0.550. The van der Waals surface area contributed by atoms with Gasteiger partial charge in [-0.25, -0.2) is 9.98 Å². The summed E-state index contributed by atoms with van der Waals surface area (Å²) in [4.78, 5) is 6.30. The van der Waals surface area contributed by atoms with E-state index in [9.17, 15) is 4.39 Å². The van der Waals surface area contributed by atoms with Gasteiger partial charge in [0.25, 0.3) is 0 Å². The summed E-state index contributed by atoms with van der Waals surface area (Å²) < 4.78 is 13.3. The van der Waals surface area contributed by atoms with Crippen LogP contribution in [0.2, 0.25) is 0 Å². The molecule has 1 aromatic rings. The molecule has 2 rings (SSSR count). The Labute approximate surface area is 85.3 Å². The van der Waals surface area contributed by atoms with Gasteiger partial charge in [0.1, 0.15) is 0 Å². The molecule has 0 aliphatic carbocycles. The third-order valence-electron chi connectivity index (χ3n) is 1.86. The number of halogens is 2. The second kappa shape index (κ2) is 3.38. The maximum Gasteiger partial charge on any atom is 0.220 e. The van der Waals surface area contributed by atoms with Crippen LogP contribution in [-0.4, -0.2) is 11.3 Å². The fraction of sp³-hybridized carbons (Fsp3) is 0.111. The van der Waals surface area contributed by atoms with Gasteiger partial charge < -0.3 is 5.32 Å². The molecule has 0 fully saturated rings. The molecule has 1 aromatic heterocycles. The van der Waals surface area contributed by atoms with Gasteiger partial charge >= 0.3 is 0 Å². The first kappa shape index (κ1) is 9.15. The molecule has 1 N–H and O–H groups in total. The third-order valence-corrected chi connectivity index (χ3v) is 2.29. The molecule has 1 aliphatic heterocycles. The topological polar surface area (TPSA) is 37.3 Å². The van der Waals surface area contributed by atoms with Crippen LogP contribution in [0.3, 0.4) is 0 Å². The average molecular weight is 212 g/mol. The molecule has 1 unspecified atom stereocenters. The van der Waals surface area contributed by atoms with E-state index in [1.165, 1.54) is 12.5 Å². The number of rotatable bonds is 1. The number of hydrogen-bond acceptors (Lipinski definition) is 3. The van der Waals surface area contributed by atoms with Gasteiger partial charge in [-0.3, -0.25) is 0 Å². The molecule has 0 saturated heterocycles. The molecule has 0 amide bonds. The number of nitrogens with zero attached hydrogens (tertiary/aromatic N) is 2. The second-order valence-electron chi connectivity index (χ2n) is 2.77. The van der Waals surface area contributed by atoms with E-state index in [-0.39, 0.29) is 5.56 Å². The monoisotopic (exact) mass is 211 g/mol. The summed E-state index contributed by atoms with van der Waals surface area (Å²) in [7, 11) is 0. The molecule has 1 atom stereocenters. The van der Waals surface area contributed by atoms with Crippen molar-refractivity contribution in [3.63, 3.8) is 0 Å². The largest absolute Gasteiger partial charge is 0.353 e. The van der Waals surface area contributed by atoms with Crippen LogP contribution in [-0.2, 0) is 5.00 Å². The first-order valence-electron chi connectivity index (χ1n) is 4.00. The minimum absolute atomic E-state index is 0.246. The zero-order chi connectivity index (χ0) is 10.0. The van der Waals surface area contributed by atoms with E-state index in [0.29, 0.717) is 0 Å². The summed E-state index contributed by atoms with van der Waals surface area (Å²) in [6.07, 6.45) is 5.95. The lowest BCUT2D eigenvalue weighted by Crippen LogP contribution is -2.22. The van der Waals surface area contributed by atoms with E-state index in [1.54, 1.807) is 24.4 Å². The molecule has 72 valence electrons. The van der Waals surface area contributed by atoms with Crippen LogP contribution in [0.25, 0.3) is 0 Å². The fourth-order valence-electron chi connectivity index (χ4n) is 1.18. The maximum atomic E-state index is 13.3. The van der Waals surface area contributed by atoms with Gasteiger partial charge in [0.15, 0.2) is 5.00 Å². The standard InChI is InChI=1S/C9H7ClFN3/c10-9(3-5-12-6-14-9)7-2-1-4-13-8(7)11/h1-6H,(H,12,14). The van der Waals surface area contributed by atoms with Gasteiger partial charge in [0.05, 0.1) is 11.9 Å². The first-order chi connectivity index (χ1) is 6.72. The van der Waals surface area contributed by atoms with Gasteiger partial charge in [0.2, 0.25) is 5.95 Å². The summed E-state index contributed by atoms with van der Waals surface area (Å²) in [5.74, 6) is -0.605. The first-order valence-corrected chi connectivity index (χ1v) is 4.37. The van der Waals surface area contributed by atoms with Crippen LogP contribution >= 0.6 is 11.6 Å². The Kier molecular flexibility index (Phi) is 2.21. The Balaban J connectivity index is 2.48. The van der Waals surface area contributed by atoms with E-state index in [2.05, 4.69) is 15.3 Å². The molecule has 3 nitrogen and oxygen atoms in total. The van der Waals surface area contributed by atoms with E-state index in [1.807, 2.05) is 0 Å². The van der Waals surface area contributed by atoms with E-state index >= 15 is 0 Å². The fourth-order valence-corrected chi connectivity index (χ4v) is 1.44. The van der Waals surface area contributed by atoms with E-state index < -0.39 is 10.9 Å². The normalized spacial score (nSPS) is 24.7. The molecular weight excluding hydrogens is 205 g/mol. The smallest absolute Gasteiger partial charge is 0.220 e. The van der Waals surface area contributed by atoms with Gasteiger partial charge in [-0.2, -0.15) is 4.39 Å². The molecule has 5 heteroatoms. The number of aromatic nitrogens is 1. The van der Waals surface area contributed by atoms with Crippen molar-refractivity contribution in [2.24, 2.45) is 4.99 Å². The zero-order valence-corrected chi connectivity index (χ0v) is 7.87. The molecular formula is C9H7ClFN3. The van der Waals surface area contributed by atoms with Crippen molar-refractivity contribution < 1.29 is 4.39 Å². The summed E-state index contributed by atoms with van der Waals surface area (Å²) >= 11 is 6.10. The molecule has 0 aromatic carbocycles. The molecule has 0 spiro atoms. The molecule has 2 heterocycles. The SMILES string of the molecule is Fc1ncccc1C1(Cl)C=CNC=N1. The van der Waals surface area contributed by atoms with Crippen molar-refractivity contribution in [3.05, 3.63) is 42.1 Å². The minimum Gasteiger partial charge on any atom is -0.353 e. The Morgan fingerprint density at radius 1 is 1.50 bits per heavy atom. The highest BCUT2D eigenvalue weighted by atomic mass is 35.5. The Hall–Kier alpha value is -1.42. The van der Waals surface area contributed by atoms with Crippen molar-refractivity contribution in [2.45, 2.75) is 5.00 Å². The molecule has 0 bridgehead atoms. The maximum absolute atomic E-state index is 13.3. The summed E-state index contributed by atoms with van der Waals surface area (Å²) in [6, 6.07) is 3.18. The highest BCUT2D eigenvalue weighted by Crippen LogP contribution is 2.33. The van der Waals surface area contributed by atoms with Crippen molar-refractivity contribution in [3.8, 4) is 0 Å². The summed E-state index contributed by atoms with van der Waals surface area (Å²) in [5, 5.41) is 2.73. The minimum atomic E-state index is -1.18. The van der Waals surface area contributed by atoms with Crippen LogP contribution in [0.5, 0.6) is 0 Å². The number of aliphatic imine (C=N–C) groups is 1. The van der Waals surface area contributed by atoms with Crippen LogP contribution in [0.15, 0.2) is 35.6 Å². The predicted octanol–water partition coefficient (Wildman–Crippen LogP) is 1.76. The Bertz CT molecular complexity index is 391. The number of pyridine rings is 1. The van der Waals surface area contributed by atoms with Gasteiger partial charge in [-0.05, 0) is 18.2 Å². The van der Waals surface area contributed by atoms with Crippen LogP contribution < -0.4 is 5.32 Å². The predicted molar refractivity (Wildman–Crippen MR) is 52.5 cm³/mol. The van der Waals surface area contributed by atoms with Gasteiger partial charge in [-0.1, -0.05) is 11.6 Å². The lowest BCUT2D eigenvalue weighted by atomic mass is 10.1. The molecule has 0 radical (unpaired) electrons. The van der Waals surface area contributed by atoms with Crippen LogP contribution in [0, 0.1) is 5.95 Å². The summed E-state index contributed by atoms with van der Waals surface area (Å²) in [6.45, 7) is 0. The lowest BCUT2D eigenvalue weighted by Gasteiger charge is -2.21. The number of hydrogen-bond donors (Lipinski definition) is 1. The molecule has 14 heavy (non-hydrogen) atoms. The van der Waals surface area contributed by atoms with Crippen molar-refractivity contribution in [1.82, 2.24) is 10.3 Å². The Morgan fingerprint density at radius 2 is 2.36 bits per heavy atom. The third kappa shape index (κ3) is 1.48. The highest BCUT2D eigenvalue weighted by molar-refractivity contribution is 6.25. The zero-order valence-electron chi connectivity index (χ0n) is 7.11. The van der Waals surface area contributed by atoms with Gasteiger partial charge in [-0.15, -0.1) is 0 Å². The van der Waals surface area contributed by atoms with Crippen LogP contribution in [0.4, 0.5) is 4.39 Å². The van der Waals surface area contributed by atoms with Crippen molar-refractivity contribution in [2.75, 3.05) is 0 Å². The van der Waals surface area contributed by atoms with E-state index in [0.717, 1.165) is 0 Å². The Morgan fingerprint density at radius 3 is 3.00 bits per heavy atom.